The molecule has 2 unspecified atom stereocenters. The fraction of sp³-hybridized carbons (Fsp3) is 0.667. The lowest BCUT2D eigenvalue weighted by atomic mass is 9.93. The summed E-state index contributed by atoms with van der Waals surface area (Å²) in [6.07, 6.45) is 5.17. The molecule has 1 aromatic carbocycles. The fourth-order valence-corrected chi connectivity index (χ4v) is 2.88. The van der Waals surface area contributed by atoms with Crippen molar-refractivity contribution < 1.29 is 4.74 Å². The van der Waals surface area contributed by atoms with Crippen LogP contribution in [0.25, 0.3) is 0 Å². The highest BCUT2D eigenvalue weighted by molar-refractivity contribution is 5.27. The maximum atomic E-state index is 6.01. The Bertz CT molecular complexity index is 379. The molecule has 0 amide bonds. The van der Waals surface area contributed by atoms with Gasteiger partial charge in [0.15, 0.2) is 0 Å². The van der Waals surface area contributed by atoms with Crippen LogP contribution in [0, 0.1) is 0 Å². The summed E-state index contributed by atoms with van der Waals surface area (Å²) in [6, 6.07) is 9.44. The van der Waals surface area contributed by atoms with Crippen LogP contribution in [0.2, 0.25) is 0 Å². The van der Waals surface area contributed by atoms with Crippen molar-refractivity contribution in [3.8, 4) is 0 Å². The number of benzene rings is 1. The lowest BCUT2D eigenvalue weighted by molar-refractivity contribution is -0.00815. The van der Waals surface area contributed by atoms with E-state index in [4.69, 9.17) is 4.74 Å². The molecule has 2 nitrogen and oxygen atoms in total. The highest BCUT2D eigenvalue weighted by Gasteiger charge is 2.25. The first-order valence-electron chi connectivity index (χ1n) is 8.17. The van der Waals surface area contributed by atoms with Crippen LogP contribution in [-0.2, 0) is 4.74 Å². The summed E-state index contributed by atoms with van der Waals surface area (Å²) in [7, 11) is 0. The van der Waals surface area contributed by atoms with Crippen molar-refractivity contribution in [1.82, 2.24) is 5.32 Å². The largest absolute Gasteiger partial charge is 0.376 e. The Kier molecular flexibility index (Phi) is 6.06. The quantitative estimate of drug-likeness (QED) is 0.830. The summed E-state index contributed by atoms with van der Waals surface area (Å²) >= 11 is 0. The van der Waals surface area contributed by atoms with Crippen molar-refractivity contribution in [2.75, 3.05) is 13.2 Å². The number of rotatable bonds is 6. The zero-order valence-electron chi connectivity index (χ0n) is 13.2. The molecule has 2 heteroatoms. The minimum atomic E-state index is 0.334. The summed E-state index contributed by atoms with van der Waals surface area (Å²) in [5, 5.41) is 3.68. The first-order valence-corrected chi connectivity index (χ1v) is 8.17. The zero-order chi connectivity index (χ0) is 14.4. The molecule has 0 aliphatic carbocycles. The molecule has 1 N–H and O–H groups in total. The number of ether oxygens (including phenoxy) is 1. The van der Waals surface area contributed by atoms with Gasteiger partial charge < -0.3 is 10.1 Å². The molecule has 2 rings (SSSR count). The summed E-state index contributed by atoms with van der Waals surface area (Å²) in [4.78, 5) is 0. The van der Waals surface area contributed by atoms with E-state index in [1.807, 2.05) is 0 Å². The molecule has 0 radical (unpaired) electrons. The van der Waals surface area contributed by atoms with Crippen molar-refractivity contribution in [1.29, 1.82) is 0 Å². The van der Waals surface area contributed by atoms with E-state index in [0.717, 1.165) is 19.6 Å². The third-order valence-corrected chi connectivity index (χ3v) is 4.16. The Hall–Kier alpha value is -0.860. The minimum absolute atomic E-state index is 0.334. The van der Waals surface area contributed by atoms with Crippen molar-refractivity contribution in [2.45, 2.75) is 64.5 Å². The van der Waals surface area contributed by atoms with Gasteiger partial charge >= 0.3 is 0 Å². The molecule has 112 valence electrons. The van der Waals surface area contributed by atoms with Crippen molar-refractivity contribution in [3.63, 3.8) is 0 Å². The second-order valence-corrected chi connectivity index (χ2v) is 6.16. The van der Waals surface area contributed by atoms with Gasteiger partial charge in [0.1, 0.15) is 0 Å². The number of hydrogen-bond acceptors (Lipinski definition) is 2. The minimum Gasteiger partial charge on any atom is -0.376 e. The molecule has 2 atom stereocenters. The van der Waals surface area contributed by atoms with E-state index < -0.39 is 0 Å². The molecular formula is C18H29NO. The van der Waals surface area contributed by atoms with Gasteiger partial charge in [0.05, 0.1) is 12.1 Å². The van der Waals surface area contributed by atoms with Crippen LogP contribution in [0.4, 0.5) is 0 Å². The van der Waals surface area contributed by atoms with Crippen molar-refractivity contribution in [3.05, 3.63) is 35.4 Å². The van der Waals surface area contributed by atoms with Gasteiger partial charge in [-0.3, -0.25) is 0 Å². The van der Waals surface area contributed by atoms with E-state index in [1.54, 1.807) is 0 Å². The first-order chi connectivity index (χ1) is 9.72. The number of nitrogens with one attached hydrogen (secondary N) is 1. The molecule has 1 aliphatic rings. The summed E-state index contributed by atoms with van der Waals surface area (Å²) in [5.41, 5.74) is 2.78. The Morgan fingerprint density at radius 1 is 1.15 bits per heavy atom. The van der Waals surface area contributed by atoms with E-state index in [1.165, 1.54) is 30.4 Å². The van der Waals surface area contributed by atoms with Crippen LogP contribution in [0.15, 0.2) is 24.3 Å². The molecule has 1 heterocycles. The second-order valence-electron chi connectivity index (χ2n) is 6.16. The topological polar surface area (TPSA) is 21.3 Å². The first kappa shape index (κ1) is 15.5. The molecule has 1 aromatic rings. The van der Waals surface area contributed by atoms with Gasteiger partial charge in [-0.2, -0.15) is 0 Å². The highest BCUT2D eigenvalue weighted by atomic mass is 16.5. The molecule has 1 fully saturated rings. The molecule has 0 bridgehead atoms. The van der Waals surface area contributed by atoms with Gasteiger partial charge in [0.25, 0.3) is 0 Å². The third-order valence-electron chi connectivity index (χ3n) is 4.16. The average molecular weight is 275 g/mol. The van der Waals surface area contributed by atoms with Gasteiger partial charge in [0, 0.05) is 6.61 Å². The van der Waals surface area contributed by atoms with E-state index in [0.29, 0.717) is 18.1 Å². The smallest absolute Gasteiger partial charge is 0.0769 e. The second kappa shape index (κ2) is 7.80. The van der Waals surface area contributed by atoms with E-state index in [9.17, 15) is 0 Å². The predicted octanol–water partition coefficient (Wildman–Crippen LogP) is 4.42. The van der Waals surface area contributed by atoms with Gasteiger partial charge in [0.2, 0.25) is 0 Å². The molecular weight excluding hydrogens is 246 g/mol. The Labute approximate surface area is 123 Å². The lowest BCUT2D eigenvalue weighted by Crippen LogP contribution is -2.36. The van der Waals surface area contributed by atoms with Gasteiger partial charge in [-0.25, -0.2) is 0 Å². The predicted molar refractivity (Wildman–Crippen MR) is 85.2 cm³/mol. The fourth-order valence-electron chi connectivity index (χ4n) is 2.88. The molecule has 0 spiro atoms. The van der Waals surface area contributed by atoms with Gasteiger partial charge in [-0.1, -0.05) is 45.0 Å². The monoisotopic (exact) mass is 275 g/mol. The van der Waals surface area contributed by atoms with Crippen LogP contribution >= 0.6 is 0 Å². The zero-order valence-corrected chi connectivity index (χ0v) is 13.2. The Morgan fingerprint density at radius 3 is 2.40 bits per heavy atom. The van der Waals surface area contributed by atoms with Crippen LogP contribution in [0.5, 0.6) is 0 Å². The lowest BCUT2D eigenvalue weighted by Gasteiger charge is -2.31. The summed E-state index contributed by atoms with van der Waals surface area (Å²) < 4.78 is 6.01. The summed E-state index contributed by atoms with van der Waals surface area (Å²) in [5.74, 6) is 0.594. The normalized spacial score (nSPS) is 21.1. The van der Waals surface area contributed by atoms with Crippen LogP contribution in [-0.4, -0.2) is 19.3 Å². The Morgan fingerprint density at radius 2 is 1.85 bits per heavy atom. The van der Waals surface area contributed by atoms with E-state index in [2.05, 4.69) is 50.4 Å². The maximum absolute atomic E-state index is 6.01. The van der Waals surface area contributed by atoms with Crippen molar-refractivity contribution >= 4 is 0 Å². The van der Waals surface area contributed by atoms with E-state index in [-0.39, 0.29) is 0 Å². The third kappa shape index (κ3) is 4.07. The Balaban J connectivity index is 2.11. The van der Waals surface area contributed by atoms with Gasteiger partial charge in [-0.05, 0) is 49.3 Å². The average Bonchev–Trinajstić information content (AvgIpc) is 2.49. The standard InChI is InChI=1S/C18H29NO/c1-4-12-19-18(17-7-5-6-13-20-17)16-10-8-15(9-11-16)14(2)3/h8-11,14,17-19H,4-7,12-13H2,1-3H3. The van der Waals surface area contributed by atoms with E-state index >= 15 is 0 Å². The highest BCUT2D eigenvalue weighted by Crippen LogP contribution is 2.27. The van der Waals surface area contributed by atoms with Gasteiger partial charge in [-0.15, -0.1) is 0 Å². The molecule has 0 aromatic heterocycles. The summed E-state index contributed by atoms with van der Waals surface area (Å²) in [6.45, 7) is 8.67. The van der Waals surface area contributed by atoms with Crippen molar-refractivity contribution in [2.24, 2.45) is 0 Å². The van der Waals surface area contributed by atoms with Crippen LogP contribution in [0.3, 0.4) is 0 Å². The SMILES string of the molecule is CCCNC(c1ccc(C(C)C)cc1)C1CCCCO1. The van der Waals surface area contributed by atoms with Crippen LogP contribution in [0.1, 0.15) is 69.5 Å². The van der Waals surface area contributed by atoms with Crippen LogP contribution < -0.4 is 5.32 Å². The molecule has 1 saturated heterocycles. The molecule has 0 saturated carbocycles. The number of hydrogen-bond donors (Lipinski definition) is 1. The molecule has 1 aliphatic heterocycles. The molecule has 20 heavy (non-hydrogen) atoms. The maximum Gasteiger partial charge on any atom is 0.0769 e.